The van der Waals surface area contributed by atoms with E-state index in [0.717, 1.165) is 45.7 Å². The monoisotopic (exact) mass is 269 g/mol. The highest BCUT2D eigenvalue weighted by molar-refractivity contribution is 7.11. The summed E-state index contributed by atoms with van der Waals surface area (Å²) in [6.45, 7) is 8.88. The summed E-state index contributed by atoms with van der Waals surface area (Å²) in [4.78, 5) is 8.44. The number of hydrogen-bond acceptors (Lipinski definition) is 5. The molecule has 0 amide bonds. The summed E-state index contributed by atoms with van der Waals surface area (Å²) in [5.74, 6) is 0. The number of nitrogens with two attached hydrogens (primary N) is 1. The number of rotatable bonds is 5. The van der Waals surface area contributed by atoms with E-state index in [-0.39, 0.29) is 6.04 Å². The van der Waals surface area contributed by atoms with Gasteiger partial charge in [0.15, 0.2) is 0 Å². The Morgan fingerprint density at radius 3 is 2.78 bits per heavy atom. The van der Waals surface area contributed by atoms with E-state index in [4.69, 9.17) is 15.5 Å². The Hall–Kier alpha value is -0.490. The van der Waals surface area contributed by atoms with Crippen molar-refractivity contribution in [2.75, 3.05) is 26.3 Å². The number of morpholine rings is 1. The van der Waals surface area contributed by atoms with Crippen LogP contribution in [-0.2, 0) is 17.7 Å². The van der Waals surface area contributed by atoms with Gasteiger partial charge in [0.1, 0.15) is 5.01 Å². The molecule has 0 saturated carbocycles. The molecule has 2 heterocycles. The van der Waals surface area contributed by atoms with E-state index in [1.54, 1.807) is 11.3 Å². The molecule has 1 unspecified atom stereocenters. The average molecular weight is 269 g/mol. The van der Waals surface area contributed by atoms with E-state index in [2.05, 4.69) is 11.8 Å². The summed E-state index contributed by atoms with van der Waals surface area (Å²) in [5, 5.41) is 1.20. The first-order valence-electron chi connectivity index (χ1n) is 6.75. The predicted octanol–water partition coefficient (Wildman–Crippen LogP) is 1.95. The highest BCUT2D eigenvalue weighted by Gasteiger charge is 2.17. The maximum absolute atomic E-state index is 6.03. The lowest BCUT2D eigenvalue weighted by Gasteiger charge is -2.25. The Bertz CT molecular complexity index is 372. The zero-order valence-electron chi connectivity index (χ0n) is 11.3. The molecule has 0 aromatic carbocycles. The van der Waals surface area contributed by atoms with E-state index in [0.29, 0.717) is 0 Å². The van der Waals surface area contributed by atoms with Crippen molar-refractivity contribution < 1.29 is 4.74 Å². The molecular formula is C13H23N3OS. The third kappa shape index (κ3) is 3.51. The Balaban J connectivity index is 2.05. The van der Waals surface area contributed by atoms with Gasteiger partial charge in [-0.2, -0.15) is 0 Å². The molecule has 1 aliphatic heterocycles. The highest BCUT2D eigenvalue weighted by atomic mass is 32.1. The van der Waals surface area contributed by atoms with Crippen LogP contribution in [0, 0.1) is 0 Å². The van der Waals surface area contributed by atoms with Gasteiger partial charge in [0.25, 0.3) is 0 Å². The van der Waals surface area contributed by atoms with Crippen molar-refractivity contribution in [3.63, 3.8) is 0 Å². The van der Waals surface area contributed by atoms with Crippen LogP contribution in [0.1, 0.15) is 41.9 Å². The molecule has 1 aromatic rings. The van der Waals surface area contributed by atoms with Crippen molar-refractivity contribution in [3.8, 4) is 0 Å². The maximum Gasteiger partial charge on any atom is 0.107 e. The molecule has 1 aromatic heterocycles. The fraction of sp³-hybridized carbons (Fsp3) is 0.769. The van der Waals surface area contributed by atoms with Crippen molar-refractivity contribution in [3.05, 3.63) is 15.6 Å². The van der Waals surface area contributed by atoms with Gasteiger partial charge in [0, 0.05) is 24.0 Å². The summed E-state index contributed by atoms with van der Waals surface area (Å²) in [6, 6.07) is 0.0995. The van der Waals surface area contributed by atoms with Gasteiger partial charge in [0.2, 0.25) is 0 Å². The van der Waals surface area contributed by atoms with Crippen molar-refractivity contribution in [1.82, 2.24) is 9.88 Å². The van der Waals surface area contributed by atoms with E-state index in [9.17, 15) is 0 Å². The SMILES string of the molecule is CCCc1nc(CN2CCOCC2)sc1C(C)N. The summed E-state index contributed by atoms with van der Waals surface area (Å²) >= 11 is 1.78. The number of aryl methyl sites for hydroxylation is 1. The average Bonchev–Trinajstić information content (AvgIpc) is 2.74. The first kappa shape index (κ1) is 13.9. The van der Waals surface area contributed by atoms with Crippen molar-refractivity contribution >= 4 is 11.3 Å². The minimum absolute atomic E-state index is 0.0995. The van der Waals surface area contributed by atoms with Crippen molar-refractivity contribution in [2.24, 2.45) is 5.73 Å². The van der Waals surface area contributed by atoms with Gasteiger partial charge < -0.3 is 10.5 Å². The quantitative estimate of drug-likeness (QED) is 0.887. The van der Waals surface area contributed by atoms with Crippen LogP contribution in [-0.4, -0.2) is 36.2 Å². The van der Waals surface area contributed by atoms with E-state index in [1.807, 2.05) is 6.92 Å². The number of hydrogen-bond donors (Lipinski definition) is 1. The van der Waals surface area contributed by atoms with E-state index >= 15 is 0 Å². The molecule has 1 fully saturated rings. The maximum atomic E-state index is 6.03. The van der Waals surface area contributed by atoms with Gasteiger partial charge >= 0.3 is 0 Å². The first-order valence-corrected chi connectivity index (χ1v) is 7.56. The molecule has 2 rings (SSSR count). The fourth-order valence-electron chi connectivity index (χ4n) is 2.20. The largest absolute Gasteiger partial charge is 0.379 e. The number of aromatic nitrogens is 1. The zero-order chi connectivity index (χ0) is 13.0. The van der Waals surface area contributed by atoms with Crippen LogP contribution in [0.5, 0.6) is 0 Å². The lowest BCUT2D eigenvalue weighted by molar-refractivity contribution is 0.0341. The number of thiazole rings is 1. The van der Waals surface area contributed by atoms with Crippen molar-refractivity contribution in [2.45, 2.75) is 39.3 Å². The molecular weight excluding hydrogens is 246 g/mol. The Kier molecular flexibility index (Phi) is 5.12. The standard InChI is InChI=1S/C13H23N3OS/c1-3-4-11-13(10(2)14)18-12(15-11)9-16-5-7-17-8-6-16/h10H,3-9,14H2,1-2H3. The summed E-state index contributed by atoms with van der Waals surface area (Å²) in [7, 11) is 0. The topological polar surface area (TPSA) is 51.4 Å². The lowest BCUT2D eigenvalue weighted by atomic mass is 10.2. The Morgan fingerprint density at radius 2 is 2.17 bits per heavy atom. The summed E-state index contributed by atoms with van der Waals surface area (Å²) < 4.78 is 5.36. The molecule has 0 aliphatic carbocycles. The van der Waals surface area contributed by atoms with Crippen LogP contribution in [0.4, 0.5) is 0 Å². The van der Waals surface area contributed by atoms with Gasteiger partial charge in [0.05, 0.1) is 25.5 Å². The molecule has 102 valence electrons. The molecule has 0 radical (unpaired) electrons. The molecule has 18 heavy (non-hydrogen) atoms. The van der Waals surface area contributed by atoms with E-state index < -0.39 is 0 Å². The summed E-state index contributed by atoms with van der Waals surface area (Å²) in [6.07, 6.45) is 2.16. The Morgan fingerprint density at radius 1 is 1.44 bits per heavy atom. The van der Waals surface area contributed by atoms with Gasteiger partial charge in [-0.05, 0) is 13.3 Å². The molecule has 2 N–H and O–H groups in total. The number of ether oxygens (including phenoxy) is 1. The third-order valence-corrected chi connectivity index (χ3v) is 4.42. The molecule has 5 heteroatoms. The predicted molar refractivity (Wildman–Crippen MR) is 74.8 cm³/mol. The second-order valence-electron chi connectivity index (χ2n) is 4.85. The minimum Gasteiger partial charge on any atom is -0.379 e. The molecule has 1 saturated heterocycles. The second kappa shape index (κ2) is 6.61. The molecule has 1 atom stereocenters. The van der Waals surface area contributed by atoms with Crippen molar-refractivity contribution in [1.29, 1.82) is 0 Å². The molecule has 4 nitrogen and oxygen atoms in total. The Labute approximate surface area is 113 Å². The van der Waals surface area contributed by atoms with Crippen LogP contribution < -0.4 is 5.73 Å². The van der Waals surface area contributed by atoms with Crippen LogP contribution in [0.3, 0.4) is 0 Å². The van der Waals surface area contributed by atoms with Crippen LogP contribution >= 0.6 is 11.3 Å². The minimum atomic E-state index is 0.0995. The van der Waals surface area contributed by atoms with Crippen LogP contribution in [0.25, 0.3) is 0 Å². The third-order valence-electron chi connectivity index (χ3n) is 3.13. The summed E-state index contributed by atoms with van der Waals surface area (Å²) in [5.41, 5.74) is 7.24. The molecule has 1 aliphatic rings. The fourth-order valence-corrected chi connectivity index (χ4v) is 3.31. The van der Waals surface area contributed by atoms with Gasteiger partial charge in [-0.15, -0.1) is 11.3 Å². The number of nitrogens with zero attached hydrogens (tertiary/aromatic N) is 2. The lowest BCUT2D eigenvalue weighted by Crippen LogP contribution is -2.35. The highest BCUT2D eigenvalue weighted by Crippen LogP contribution is 2.26. The second-order valence-corrected chi connectivity index (χ2v) is 5.96. The molecule has 0 spiro atoms. The van der Waals surface area contributed by atoms with Gasteiger partial charge in [-0.25, -0.2) is 4.98 Å². The first-order chi connectivity index (χ1) is 8.70. The van der Waals surface area contributed by atoms with E-state index in [1.165, 1.54) is 15.6 Å². The zero-order valence-corrected chi connectivity index (χ0v) is 12.1. The van der Waals surface area contributed by atoms with Crippen LogP contribution in [0.15, 0.2) is 0 Å². The smallest absolute Gasteiger partial charge is 0.107 e. The van der Waals surface area contributed by atoms with Gasteiger partial charge in [-0.3, -0.25) is 4.90 Å². The molecule has 0 bridgehead atoms. The van der Waals surface area contributed by atoms with Gasteiger partial charge in [-0.1, -0.05) is 13.3 Å². The van der Waals surface area contributed by atoms with Crippen LogP contribution in [0.2, 0.25) is 0 Å². The normalized spacial score (nSPS) is 19.1.